The molecule has 1 aromatic heterocycles. The van der Waals surface area contributed by atoms with E-state index in [9.17, 15) is 4.79 Å². The van der Waals surface area contributed by atoms with Crippen molar-refractivity contribution in [1.82, 2.24) is 9.88 Å². The summed E-state index contributed by atoms with van der Waals surface area (Å²) in [5.41, 5.74) is 4.15. The Morgan fingerprint density at radius 2 is 1.88 bits per heavy atom. The lowest BCUT2D eigenvalue weighted by atomic mass is 9.90. The van der Waals surface area contributed by atoms with E-state index >= 15 is 0 Å². The van der Waals surface area contributed by atoms with Crippen LogP contribution in [0.1, 0.15) is 29.2 Å². The molecule has 1 saturated heterocycles. The van der Waals surface area contributed by atoms with Gasteiger partial charge in [0.05, 0.1) is 24.6 Å². The minimum atomic E-state index is 0.112. The summed E-state index contributed by atoms with van der Waals surface area (Å²) in [5, 5.41) is 0. The monoisotopic (exact) mass is 334 g/mol. The molecular formula is C21H22N2O2. The van der Waals surface area contributed by atoms with Gasteiger partial charge in [0, 0.05) is 31.6 Å². The molecule has 1 aromatic carbocycles. The Bertz CT molecular complexity index is 779. The number of hydrogen-bond acceptors (Lipinski definition) is 4. The van der Waals surface area contributed by atoms with E-state index in [4.69, 9.17) is 4.74 Å². The fourth-order valence-electron chi connectivity index (χ4n) is 3.69. The standard InChI is InChI=1S/C21H22N2O2/c24-20-15-18(13-16-5-2-1-3-6-16)21-17(7-4-8-22-21)14-19(20)23-9-11-25-12-10-23/h1-8,14,18H,9-13,15H2. The van der Waals surface area contributed by atoms with Crippen molar-refractivity contribution in [3.05, 3.63) is 71.2 Å². The van der Waals surface area contributed by atoms with Crippen molar-refractivity contribution in [3.63, 3.8) is 0 Å². The van der Waals surface area contributed by atoms with Gasteiger partial charge in [0.1, 0.15) is 0 Å². The third-order valence-electron chi connectivity index (χ3n) is 4.94. The summed E-state index contributed by atoms with van der Waals surface area (Å²) < 4.78 is 5.43. The summed E-state index contributed by atoms with van der Waals surface area (Å²) in [4.78, 5) is 19.8. The van der Waals surface area contributed by atoms with Gasteiger partial charge in [-0.3, -0.25) is 9.78 Å². The van der Waals surface area contributed by atoms with E-state index in [0.717, 1.165) is 36.5 Å². The van der Waals surface area contributed by atoms with Gasteiger partial charge >= 0.3 is 0 Å². The first kappa shape index (κ1) is 16.0. The quantitative estimate of drug-likeness (QED) is 0.865. The van der Waals surface area contributed by atoms with Gasteiger partial charge in [-0.15, -0.1) is 0 Å². The highest BCUT2D eigenvalue weighted by atomic mass is 16.5. The van der Waals surface area contributed by atoms with E-state index in [1.165, 1.54) is 5.56 Å². The Morgan fingerprint density at radius 1 is 1.08 bits per heavy atom. The molecule has 2 heterocycles. The maximum Gasteiger partial charge on any atom is 0.179 e. The molecule has 2 aliphatic rings. The molecule has 1 aliphatic carbocycles. The summed E-state index contributed by atoms with van der Waals surface area (Å²) in [5.74, 6) is 0.321. The van der Waals surface area contributed by atoms with Gasteiger partial charge in [-0.25, -0.2) is 0 Å². The first-order valence-corrected chi connectivity index (χ1v) is 8.87. The molecule has 0 saturated carbocycles. The molecule has 4 heteroatoms. The Balaban J connectivity index is 1.67. The molecule has 1 aliphatic heterocycles. The molecule has 0 bridgehead atoms. The number of aromatic nitrogens is 1. The van der Waals surface area contributed by atoms with Gasteiger partial charge < -0.3 is 9.64 Å². The number of carbonyl (C=O) groups excluding carboxylic acids is 1. The van der Waals surface area contributed by atoms with E-state index in [2.05, 4.69) is 28.1 Å². The molecule has 2 aromatic rings. The van der Waals surface area contributed by atoms with Crippen molar-refractivity contribution in [2.45, 2.75) is 18.8 Å². The molecule has 4 rings (SSSR count). The smallest absolute Gasteiger partial charge is 0.179 e. The molecule has 0 radical (unpaired) electrons. The number of pyridine rings is 1. The van der Waals surface area contributed by atoms with Gasteiger partial charge in [0.25, 0.3) is 0 Å². The van der Waals surface area contributed by atoms with Crippen LogP contribution in [0.25, 0.3) is 6.08 Å². The number of hydrogen-bond donors (Lipinski definition) is 0. The summed E-state index contributed by atoms with van der Waals surface area (Å²) in [7, 11) is 0. The number of fused-ring (bicyclic) bond motifs is 1. The topological polar surface area (TPSA) is 42.4 Å². The number of morpholine rings is 1. The molecule has 25 heavy (non-hydrogen) atoms. The zero-order chi connectivity index (χ0) is 17.1. The van der Waals surface area contributed by atoms with E-state index in [1.807, 2.05) is 36.5 Å². The minimum absolute atomic E-state index is 0.112. The zero-order valence-electron chi connectivity index (χ0n) is 14.2. The third kappa shape index (κ3) is 3.49. The molecule has 4 nitrogen and oxygen atoms in total. The highest BCUT2D eigenvalue weighted by molar-refractivity contribution is 6.00. The molecule has 0 amide bonds. The highest BCUT2D eigenvalue weighted by Crippen LogP contribution is 2.32. The predicted octanol–water partition coefficient (Wildman–Crippen LogP) is 3.05. The van der Waals surface area contributed by atoms with Crippen molar-refractivity contribution >= 4 is 11.9 Å². The number of rotatable bonds is 3. The molecule has 1 atom stereocenters. The summed E-state index contributed by atoms with van der Waals surface area (Å²) >= 11 is 0. The number of benzene rings is 1. The third-order valence-corrected chi connectivity index (χ3v) is 4.94. The fraction of sp³-hybridized carbons (Fsp3) is 0.333. The SMILES string of the molecule is O=C1CC(Cc2ccccc2)c2ncccc2C=C1N1CCOCC1. The Morgan fingerprint density at radius 3 is 2.68 bits per heavy atom. The fourth-order valence-corrected chi connectivity index (χ4v) is 3.69. The van der Waals surface area contributed by atoms with Crippen LogP contribution in [-0.4, -0.2) is 42.0 Å². The van der Waals surface area contributed by atoms with Crippen molar-refractivity contribution in [1.29, 1.82) is 0 Å². The minimum Gasteiger partial charge on any atom is -0.378 e. The summed E-state index contributed by atoms with van der Waals surface area (Å²) in [6, 6.07) is 14.4. The molecule has 1 fully saturated rings. The van der Waals surface area contributed by atoms with Crippen LogP contribution in [-0.2, 0) is 16.0 Å². The van der Waals surface area contributed by atoms with Crippen LogP contribution in [0.15, 0.2) is 54.4 Å². The lowest BCUT2D eigenvalue weighted by molar-refractivity contribution is -0.117. The normalized spacial score (nSPS) is 20.6. The number of ketones is 1. The van der Waals surface area contributed by atoms with E-state index in [1.54, 1.807) is 0 Å². The summed E-state index contributed by atoms with van der Waals surface area (Å²) in [6.07, 6.45) is 5.19. The van der Waals surface area contributed by atoms with E-state index < -0.39 is 0 Å². The Kier molecular flexibility index (Phi) is 4.61. The predicted molar refractivity (Wildman–Crippen MR) is 97.1 cm³/mol. The largest absolute Gasteiger partial charge is 0.378 e. The molecule has 128 valence electrons. The molecule has 1 unspecified atom stereocenters. The second-order valence-electron chi connectivity index (χ2n) is 6.62. The number of carbonyl (C=O) groups is 1. The van der Waals surface area contributed by atoms with Crippen LogP contribution >= 0.6 is 0 Å². The van der Waals surface area contributed by atoms with Crippen LogP contribution in [0.3, 0.4) is 0 Å². The highest BCUT2D eigenvalue weighted by Gasteiger charge is 2.29. The average molecular weight is 334 g/mol. The first-order valence-electron chi connectivity index (χ1n) is 8.87. The lowest BCUT2D eigenvalue weighted by Gasteiger charge is -2.30. The Hall–Kier alpha value is -2.46. The van der Waals surface area contributed by atoms with Crippen molar-refractivity contribution in [2.24, 2.45) is 0 Å². The van der Waals surface area contributed by atoms with E-state index in [-0.39, 0.29) is 11.7 Å². The summed E-state index contributed by atoms with van der Waals surface area (Å²) in [6.45, 7) is 2.91. The lowest BCUT2D eigenvalue weighted by Crippen LogP contribution is -2.38. The number of allylic oxidation sites excluding steroid dienone is 1. The second kappa shape index (κ2) is 7.19. The van der Waals surface area contributed by atoms with E-state index in [0.29, 0.717) is 19.6 Å². The van der Waals surface area contributed by atoms with Gasteiger partial charge in [-0.05, 0) is 29.7 Å². The van der Waals surface area contributed by atoms with Gasteiger partial charge in [0.2, 0.25) is 0 Å². The van der Waals surface area contributed by atoms with Crippen LogP contribution in [0.5, 0.6) is 0 Å². The number of ether oxygens (including phenoxy) is 1. The second-order valence-corrected chi connectivity index (χ2v) is 6.62. The van der Waals surface area contributed by atoms with Crippen LogP contribution in [0, 0.1) is 0 Å². The van der Waals surface area contributed by atoms with Crippen molar-refractivity contribution in [2.75, 3.05) is 26.3 Å². The van der Waals surface area contributed by atoms with Gasteiger partial charge in [-0.1, -0.05) is 36.4 Å². The van der Waals surface area contributed by atoms with Crippen LogP contribution in [0.2, 0.25) is 0 Å². The maximum atomic E-state index is 13.0. The van der Waals surface area contributed by atoms with Gasteiger partial charge in [-0.2, -0.15) is 0 Å². The first-order chi connectivity index (χ1) is 12.3. The maximum absolute atomic E-state index is 13.0. The van der Waals surface area contributed by atoms with Gasteiger partial charge in [0.15, 0.2) is 5.78 Å². The van der Waals surface area contributed by atoms with Crippen LogP contribution < -0.4 is 0 Å². The molecular weight excluding hydrogens is 312 g/mol. The van der Waals surface area contributed by atoms with Crippen molar-refractivity contribution < 1.29 is 9.53 Å². The van der Waals surface area contributed by atoms with Crippen LogP contribution in [0.4, 0.5) is 0 Å². The molecule has 0 N–H and O–H groups in total. The van der Waals surface area contributed by atoms with Crippen molar-refractivity contribution in [3.8, 4) is 0 Å². The average Bonchev–Trinajstić information content (AvgIpc) is 2.80. The molecule has 0 spiro atoms. The Labute approximate surface area is 148 Å². The zero-order valence-corrected chi connectivity index (χ0v) is 14.2. The number of Topliss-reactive ketones (excluding diaryl/α,β-unsaturated/α-hetero) is 1. The number of nitrogens with zero attached hydrogens (tertiary/aromatic N) is 2.